The van der Waals surface area contributed by atoms with Gasteiger partial charge in [0.25, 0.3) is 0 Å². The van der Waals surface area contributed by atoms with Crippen LogP contribution in [0.15, 0.2) is 24.3 Å². The number of ether oxygens (including phenoxy) is 1. The molecule has 0 saturated heterocycles. The molecule has 5 heteroatoms. The second-order valence-electron chi connectivity index (χ2n) is 4.33. The zero-order chi connectivity index (χ0) is 14.0. The van der Waals surface area contributed by atoms with Crippen molar-refractivity contribution in [2.75, 3.05) is 5.73 Å². The molecule has 1 aromatic carbocycles. The van der Waals surface area contributed by atoms with Crippen LogP contribution in [0.3, 0.4) is 0 Å². The summed E-state index contributed by atoms with van der Waals surface area (Å²) < 4.78 is 5.71. The Morgan fingerprint density at radius 3 is 2.58 bits per heavy atom. The number of rotatable bonds is 3. The summed E-state index contributed by atoms with van der Waals surface area (Å²) in [5, 5.41) is 0.934. The van der Waals surface area contributed by atoms with Crippen molar-refractivity contribution in [3.8, 4) is 5.75 Å². The van der Waals surface area contributed by atoms with E-state index in [1.54, 1.807) is 12.1 Å². The van der Waals surface area contributed by atoms with Crippen molar-refractivity contribution in [2.24, 2.45) is 0 Å². The maximum absolute atomic E-state index is 6.14. The van der Waals surface area contributed by atoms with Crippen LogP contribution in [-0.4, -0.2) is 4.98 Å². The molecule has 100 valence electrons. The average molecular weight is 297 g/mol. The second-order valence-corrected chi connectivity index (χ2v) is 5.09. The molecule has 0 radical (unpaired) electrons. The van der Waals surface area contributed by atoms with Crippen LogP contribution >= 0.6 is 23.2 Å². The van der Waals surface area contributed by atoms with Gasteiger partial charge in [-0.3, -0.25) is 0 Å². The molecule has 19 heavy (non-hydrogen) atoms. The molecule has 3 nitrogen and oxygen atoms in total. The van der Waals surface area contributed by atoms with Crippen LogP contribution in [0.4, 0.5) is 5.69 Å². The van der Waals surface area contributed by atoms with Crippen LogP contribution in [0.1, 0.15) is 16.8 Å². The summed E-state index contributed by atoms with van der Waals surface area (Å²) in [6.45, 7) is 4.05. The minimum absolute atomic E-state index is 0.274. The molecule has 0 bridgehead atoms. The highest BCUT2D eigenvalue weighted by Gasteiger charge is 2.10. The Kier molecular flexibility index (Phi) is 4.17. The van der Waals surface area contributed by atoms with Gasteiger partial charge in [0, 0.05) is 16.9 Å². The lowest BCUT2D eigenvalue weighted by atomic mass is 10.2. The van der Waals surface area contributed by atoms with E-state index in [1.165, 1.54) is 0 Å². The van der Waals surface area contributed by atoms with Crippen LogP contribution < -0.4 is 10.5 Å². The molecule has 0 aliphatic rings. The molecule has 0 unspecified atom stereocenters. The van der Waals surface area contributed by atoms with E-state index < -0.39 is 0 Å². The molecule has 1 aromatic heterocycles. The highest BCUT2D eigenvalue weighted by molar-refractivity contribution is 6.35. The Bertz CT molecular complexity index is 591. The standard InChI is InChI=1S/C14H14Cl2N2O/c1-8-5-10(17)3-4-13(8)19-7-11-12(15)6-9(2)18-14(11)16/h3-6H,7,17H2,1-2H3. The first kappa shape index (κ1) is 14.0. The molecule has 0 amide bonds. The molecular formula is C14H14Cl2N2O. The van der Waals surface area contributed by atoms with Crippen LogP contribution in [0.5, 0.6) is 5.75 Å². The van der Waals surface area contributed by atoms with Gasteiger partial charge < -0.3 is 10.5 Å². The van der Waals surface area contributed by atoms with Gasteiger partial charge in [0.05, 0.1) is 5.02 Å². The summed E-state index contributed by atoms with van der Waals surface area (Å²) in [7, 11) is 0. The Morgan fingerprint density at radius 1 is 1.21 bits per heavy atom. The van der Waals surface area contributed by atoms with Gasteiger partial charge in [0.15, 0.2) is 0 Å². The van der Waals surface area contributed by atoms with Crippen LogP contribution in [0.2, 0.25) is 10.2 Å². The summed E-state index contributed by atoms with van der Waals surface area (Å²) >= 11 is 12.2. The number of benzene rings is 1. The number of pyridine rings is 1. The zero-order valence-electron chi connectivity index (χ0n) is 10.7. The number of hydrogen-bond acceptors (Lipinski definition) is 3. The van der Waals surface area contributed by atoms with E-state index in [0.29, 0.717) is 21.4 Å². The van der Waals surface area contributed by atoms with Crippen molar-refractivity contribution in [1.29, 1.82) is 0 Å². The Hall–Kier alpha value is -1.45. The van der Waals surface area contributed by atoms with Crippen molar-refractivity contribution in [1.82, 2.24) is 4.98 Å². The summed E-state index contributed by atoms with van der Waals surface area (Å²) in [5.74, 6) is 0.752. The molecule has 2 aromatic rings. The van der Waals surface area contributed by atoms with Crippen molar-refractivity contribution in [3.63, 3.8) is 0 Å². The first-order valence-corrected chi connectivity index (χ1v) is 6.53. The zero-order valence-corrected chi connectivity index (χ0v) is 12.2. The fourth-order valence-electron chi connectivity index (χ4n) is 1.74. The van der Waals surface area contributed by atoms with Gasteiger partial charge in [-0.2, -0.15) is 0 Å². The third kappa shape index (κ3) is 3.31. The minimum atomic E-state index is 0.274. The van der Waals surface area contributed by atoms with Gasteiger partial charge in [-0.15, -0.1) is 0 Å². The summed E-state index contributed by atoms with van der Waals surface area (Å²) in [6, 6.07) is 7.24. The van der Waals surface area contributed by atoms with E-state index in [4.69, 9.17) is 33.7 Å². The van der Waals surface area contributed by atoms with Crippen molar-refractivity contribution in [2.45, 2.75) is 20.5 Å². The fourth-order valence-corrected chi connectivity index (χ4v) is 2.38. The lowest BCUT2D eigenvalue weighted by molar-refractivity contribution is 0.304. The van der Waals surface area contributed by atoms with E-state index in [1.807, 2.05) is 26.0 Å². The molecule has 0 aliphatic carbocycles. The number of aryl methyl sites for hydroxylation is 2. The van der Waals surface area contributed by atoms with E-state index in [9.17, 15) is 0 Å². The third-order valence-corrected chi connectivity index (χ3v) is 3.37. The molecule has 2 N–H and O–H groups in total. The fraction of sp³-hybridized carbons (Fsp3) is 0.214. The van der Waals surface area contributed by atoms with Gasteiger partial charge in [0.1, 0.15) is 17.5 Å². The van der Waals surface area contributed by atoms with Gasteiger partial charge >= 0.3 is 0 Å². The highest BCUT2D eigenvalue weighted by Crippen LogP contribution is 2.27. The van der Waals surface area contributed by atoms with Gasteiger partial charge in [-0.25, -0.2) is 4.98 Å². The topological polar surface area (TPSA) is 48.1 Å². The van der Waals surface area contributed by atoms with E-state index in [2.05, 4.69) is 4.98 Å². The third-order valence-electron chi connectivity index (χ3n) is 2.72. The molecule has 2 rings (SSSR count). The lowest BCUT2D eigenvalue weighted by Crippen LogP contribution is -2.01. The predicted octanol–water partition coefficient (Wildman–Crippen LogP) is 4.17. The number of anilines is 1. The molecule has 0 atom stereocenters. The number of aromatic nitrogens is 1. The molecule has 1 heterocycles. The number of halogens is 2. The van der Waals surface area contributed by atoms with E-state index >= 15 is 0 Å². The van der Waals surface area contributed by atoms with E-state index in [0.717, 1.165) is 17.0 Å². The first-order chi connectivity index (χ1) is 8.97. The van der Waals surface area contributed by atoms with Crippen LogP contribution in [-0.2, 0) is 6.61 Å². The monoisotopic (exact) mass is 296 g/mol. The first-order valence-electron chi connectivity index (χ1n) is 5.78. The molecular weight excluding hydrogens is 283 g/mol. The second kappa shape index (κ2) is 5.68. The maximum Gasteiger partial charge on any atom is 0.137 e. The van der Waals surface area contributed by atoms with Gasteiger partial charge in [-0.05, 0) is 43.7 Å². The number of nitrogens with two attached hydrogens (primary N) is 1. The van der Waals surface area contributed by atoms with Crippen molar-refractivity contribution < 1.29 is 4.74 Å². The van der Waals surface area contributed by atoms with Crippen molar-refractivity contribution in [3.05, 3.63) is 51.3 Å². The molecule has 0 aliphatic heterocycles. The Labute approximate surface area is 122 Å². The largest absolute Gasteiger partial charge is 0.488 e. The normalized spacial score (nSPS) is 10.5. The predicted molar refractivity (Wildman–Crippen MR) is 78.9 cm³/mol. The SMILES string of the molecule is Cc1cc(Cl)c(COc2ccc(N)cc2C)c(Cl)n1. The number of hydrogen-bond donors (Lipinski definition) is 1. The average Bonchev–Trinajstić information content (AvgIpc) is 2.30. The van der Waals surface area contributed by atoms with Crippen LogP contribution in [0, 0.1) is 13.8 Å². The highest BCUT2D eigenvalue weighted by atomic mass is 35.5. The maximum atomic E-state index is 6.14. The van der Waals surface area contributed by atoms with Crippen LogP contribution in [0.25, 0.3) is 0 Å². The summed E-state index contributed by atoms with van der Waals surface area (Å²) in [6.07, 6.45) is 0. The van der Waals surface area contributed by atoms with Crippen molar-refractivity contribution >= 4 is 28.9 Å². The quantitative estimate of drug-likeness (QED) is 0.683. The Morgan fingerprint density at radius 2 is 1.95 bits per heavy atom. The van der Waals surface area contributed by atoms with Gasteiger partial charge in [0.2, 0.25) is 0 Å². The smallest absolute Gasteiger partial charge is 0.137 e. The molecule has 0 fully saturated rings. The number of nitrogens with zero attached hydrogens (tertiary/aromatic N) is 1. The van der Waals surface area contributed by atoms with Gasteiger partial charge in [-0.1, -0.05) is 23.2 Å². The minimum Gasteiger partial charge on any atom is -0.488 e. The summed E-state index contributed by atoms with van der Waals surface area (Å²) in [5.41, 5.74) is 8.83. The molecule has 0 spiro atoms. The lowest BCUT2D eigenvalue weighted by Gasteiger charge is -2.12. The Balaban J connectivity index is 2.19. The number of nitrogen functional groups attached to an aromatic ring is 1. The summed E-state index contributed by atoms with van der Waals surface area (Å²) in [4.78, 5) is 4.16. The van der Waals surface area contributed by atoms with E-state index in [-0.39, 0.29) is 6.61 Å². The molecule has 0 saturated carbocycles.